The number of benzene rings is 1. The average Bonchev–Trinajstić information content (AvgIpc) is 3.17. The summed E-state index contributed by atoms with van der Waals surface area (Å²) in [5.41, 5.74) is 1.44. The second-order valence-electron chi connectivity index (χ2n) is 4.64. The second-order valence-corrected chi connectivity index (χ2v) is 4.64. The Balaban J connectivity index is 1.74. The highest BCUT2D eigenvalue weighted by Gasteiger charge is 2.12. The summed E-state index contributed by atoms with van der Waals surface area (Å²) in [6, 6.07) is 9.60. The largest absolute Gasteiger partial charge is 0.387 e. The van der Waals surface area contributed by atoms with Gasteiger partial charge in [0.25, 0.3) is 0 Å². The van der Waals surface area contributed by atoms with Gasteiger partial charge in [-0.25, -0.2) is 4.68 Å². The molecule has 0 bridgehead atoms. The Morgan fingerprint density at radius 3 is 2.86 bits per heavy atom. The molecule has 0 saturated carbocycles. The van der Waals surface area contributed by atoms with E-state index in [4.69, 9.17) is 4.52 Å². The van der Waals surface area contributed by atoms with Crippen LogP contribution in [0.4, 0.5) is 0 Å². The molecular weight excluding hydrogens is 270 g/mol. The molecule has 1 N–H and O–H groups in total. The van der Waals surface area contributed by atoms with Gasteiger partial charge in [0.2, 0.25) is 11.7 Å². The van der Waals surface area contributed by atoms with Crippen molar-refractivity contribution in [1.82, 2.24) is 25.1 Å². The summed E-state index contributed by atoms with van der Waals surface area (Å²) >= 11 is 0. The molecule has 21 heavy (non-hydrogen) atoms. The molecule has 1 atom stereocenters. The fourth-order valence-corrected chi connectivity index (χ4v) is 1.91. The number of hydrogen-bond donors (Lipinski definition) is 1. The average molecular weight is 285 g/mol. The molecule has 3 rings (SSSR count). The van der Waals surface area contributed by atoms with Gasteiger partial charge in [-0.2, -0.15) is 4.98 Å². The van der Waals surface area contributed by atoms with E-state index in [1.165, 1.54) is 0 Å². The molecule has 0 spiro atoms. The normalized spacial score (nSPS) is 12.5. The lowest BCUT2D eigenvalue weighted by molar-refractivity contribution is 0.168. The molecule has 2 aromatic heterocycles. The quantitative estimate of drug-likeness (QED) is 0.769. The lowest BCUT2D eigenvalue weighted by Gasteiger charge is -2.00. The van der Waals surface area contributed by atoms with Gasteiger partial charge in [-0.1, -0.05) is 47.6 Å². The topological polar surface area (TPSA) is 89.9 Å². The molecule has 108 valence electrons. The summed E-state index contributed by atoms with van der Waals surface area (Å²) in [5.74, 6) is 0.982. The molecule has 1 aromatic carbocycles. The van der Waals surface area contributed by atoms with Crippen LogP contribution in [0, 0.1) is 0 Å². The zero-order valence-electron chi connectivity index (χ0n) is 11.5. The van der Waals surface area contributed by atoms with Crippen LogP contribution in [0.2, 0.25) is 0 Å². The Kier molecular flexibility index (Phi) is 3.74. The maximum absolute atomic E-state index is 9.69. The maximum atomic E-state index is 9.69. The monoisotopic (exact) mass is 285 g/mol. The van der Waals surface area contributed by atoms with Gasteiger partial charge in [-0.05, 0) is 6.42 Å². The summed E-state index contributed by atoms with van der Waals surface area (Å²) in [7, 11) is 0. The predicted octanol–water partition coefficient (Wildman–Crippen LogP) is 1.82. The Morgan fingerprint density at radius 2 is 2.10 bits per heavy atom. The SMILES string of the molecule is CCC(O)c1cn(Cc2nc(-c3ccccc3)no2)nn1. The van der Waals surface area contributed by atoms with Crippen molar-refractivity contribution in [1.29, 1.82) is 0 Å². The van der Waals surface area contributed by atoms with Crippen molar-refractivity contribution in [3.63, 3.8) is 0 Å². The number of nitrogens with zero attached hydrogens (tertiary/aromatic N) is 5. The molecule has 0 saturated heterocycles. The lowest BCUT2D eigenvalue weighted by Crippen LogP contribution is -2.00. The predicted molar refractivity (Wildman–Crippen MR) is 74.1 cm³/mol. The first-order chi connectivity index (χ1) is 10.3. The van der Waals surface area contributed by atoms with Gasteiger partial charge >= 0.3 is 0 Å². The minimum Gasteiger partial charge on any atom is -0.387 e. The van der Waals surface area contributed by atoms with Gasteiger partial charge in [0.1, 0.15) is 12.2 Å². The molecule has 0 aliphatic carbocycles. The van der Waals surface area contributed by atoms with E-state index in [1.807, 2.05) is 37.3 Å². The molecule has 0 aliphatic rings. The minimum absolute atomic E-state index is 0.323. The van der Waals surface area contributed by atoms with E-state index in [0.29, 0.717) is 30.4 Å². The summed E-state index contributed by atoms with van der Waals surface area (Å²) in [6.45, 7) is 2.21. The number of aromatic nitrogens is 5. The van der Waals surface area contributed by atoms with Gasteiger partial charge in [0, 0.05) is 5.56 Å². The fourth-order valence-electron chi connectivity index (χ4n) is 1.91. The highest BCUT2D eigenvalue weighted by molar-refractivity contribution is 5.53. The maximum Gasteiger partial charge on any atom is 0.248 e. The summed E-state index contributed by atoms with van der Waals surface area (Å²) in [4.78, 5) is 4.32. The molecule has 1 unspecified atom stereocenters. The van der Waals surface area contributed by atoms with Crippen LogP contribution in [0.1, 0.15) is 31.0 Å². The van der Waals surface area contributed by atoms with Gasteiger partial charge in [0.15, 0.2) is 0 Å². The molecule has 2 heterocycles. The molecule has 0 aliphatic heterocycles. The standard InChI is InChI=1S/C14H15N5O2/c1-2-12(20)11-8-19(18-16-11)9-13-15-14(17-21-13)10-6-4-3-5-7-10/h3-8,12,20H,2,9H2,1H3. The van der Waals surface area contributed by atoms with Crippen molar-refractivity contribution in [3.8, 4) is 11.4 Å². The molecule has 0 radical (unpaired) electrons. The molecule has 7 nitrogen and oxygen atoms in total. The first-order valence-electron chi connectivity index (χ1n) is 6.72. The second kappa shape index (κ2) is 5.84. The van der Waals surface area contributed by atoms with E-state index in [-0.39, 0.29) is 0 Å². The summed E-state index contributed by atoms with van der Waals surface area (Å²) in [5, 5.41) is 21.5. The van der Waals surface area contributed by atoms with E-state index in [0.717, 1.165) is 5.56 Å². The van der Waals surface area contributed by atoms with E-state index in [2.05, 4.69) is 20.5 Å². The van der Waals surface area contributed by atoms with Crippen LogP contribution >= 0.6 is 0 Å². The first-order valence-corrected chi connectivity index (χ1v) is 6.72. The van der Waals surface area contributed by atoms with Crippen molar-refractivity contribution in [3.05, 3.63) is 48.1 Å². The Morgan fingerprint density at radius 1 is 1.29 bits per heavy atom. The zero-order valence-corrected chi connectivity index (χ0v) is 11.5. The highest BCUT2D eigenvalue weighted by atomic mass is 16.5. The molecule has 3 aromatic rings. The van der Waals surface area contributed by atoms with E-state index >= 15 is 0 Å². The Bertz CT molecular complexity index is 707. The van der Waals surface area contributed by atoms with Crippen LogP contribution in [-0.2, 0) is 6.54 Å². The van der Waals surface area contributed by atoms with E-state index in [1.54, 1.807) is 10.9 Å². The number of rotatable bonds is 5. The molecular formula is C14H15N5O2. The van der Waals surface area contributed by atoms with Crippen LogP contribution in [0.5, 0.6) is 0 Å². The van der Waals surface area contributed by atoms with Crippen molar-refractivity contribution in [2.45, 2.75) is 26.0 Å². The molecule has 7 heteroatoms. The molecule has 0 fully saturated rings. The fraction of sp³-hybridized carbons (Fsp3) is 0.286. The van der Waals surface area contributed by atoms with Gasteiger partial charge < -0.3 is 9.63 Å². The van der Waals surface area contributed by atoms with Gasteiger partial charge in [0.05, 0.1) is 12.3 Å². The van der Waals surface area contributed by atoms with Crippen LogP contribution in [0.15, 0.2) is 41.1 Å². The van der Waals surface area contributed by atoms with E-state index in [9.17, 15) is 5.11 Å². The summed E-state index contributed by atoms with van der Waals surface area (Å²) in [6.07, 6.45) is 1.68. The minimum atomic E-state index is -0.596. The van der Waals surface area contributed by atoms with Crippen LogP contribution < -0.4 is 0 Å². The third kappa shape index (κ3) is 2.97. The van der Waals surface area contributed by atoms with Crippen LogP contribution in [0.3, 0.4) is 0 Å². The summed E-state index contributed by atoms with van der Waals surface area (Å²) < 4.78 is 6.77. The highest BCUT2D eigenvalue weighted by Crippen LogP contribution is 2.16. The zero-order chi connectivity index (χ0) is 14.7. The van der Waals surface area contributed by atoms with E-state index < -0.39 is 6.10 Å². The lowest BCUT2D eigenvalue weighted by atomic mass is 10.2. The third-order valence-corrected chi connectivity index (χ3v) is 3.08. The van der Waals surface area contributed by atoms with Crippen molar-refractivity contribution >= 4 is 0 Å². The number of aliphatic hydroxyl groups excluding tert-OH is 1. The van der Waals surface area contributed by atoms with Crippen LogP contribution in [0.25, 0.3) is 11.4 Å². The number of hydrogen-bond acceptors (Lipinski definition) is 6. The van der Waals surface area contributed by atoms with Crippen LogP contribution in [-0.4, -0.2) is 30.2 Å². The smallest absolute Gasteiger partial charge is 0.248 e. The van der Waals surface area contributed by atoms with Crippen molar-refractivity contribution in [2.75, 3.05) is 0 Å². The molecule has 0 amide bonds. The first kappa shape index (κ1) is 13.4. The van der Waals surface area contributed by atoms with Crippen molar-refractivity contribution in [2.24, 2.45) is 0 Å². The van der Waals surface area contributed by atoms with Gasteiger partial charge in [-0.15, -0.1) is 5.10 Å². The third-order valence-electron chi connectivity index (χ3n) is 3.08. The Labute approximate surface area is 121 Å². The Hall–Kier alpha value is -2.54. The van der Waals surface area contributed by atoms with Gasteiger partial charge in [-0.3, -0.25) is 0 Å². The number of aliphatic hydroxyl groups is 1. The van der Waals surface area contributed by atoms with Crippen molar-refractivity contribution < 1.29 is 9.63 Å².